The molecule has 0 aromatic carbocycles. The summed E-state index contributed by atoms with van der Waals surface area (Å²) < 4.78 is 5.33. The Morgan fingerprint density at radius 1 is 0.944 bits per heavy atom. The van der Waals surface area contributed by atoms with Crippen LogP contribution in [0.3, 0.4) is 0 Å². The van der Waals surface area contributed by atoms with Crippen LogP contribution in [0.4, 0.5) is 5.95 Å². The van der Waals surface area contributed by atoms with E-state index >= 15 is 0 Å². The van der Waals surface area contributed by atoms with Gasteiger partial charge in [-0.3, -0.25) is 4.98 Å². The van der Waals surface area contributed by atoms with Crippen molar-refractivity contribution < 1.29 is 4.74 Å². The molecule has 1 saturated heterocycles. The van der Waals surface area contributed by atoms with Crippen molar-refractivity contribution in [3.63, 3.8) is 0 Å². The van der Waals surface area contributed by atoms with Gasteiger partial charge in [-0.2, -0.15) is 0 Å². The number of hydrogen-bond donors (Lipinski definition) is 0. The molecule has 18 heavy (non-hydrogen) atoms. The monoisotopic (exact) mass is 242 g/mol. The maximum atomic E-state index is 5.33. The molecule has 2 aromatic heterocycles. The van der Waals surface area contributed by atoms with Crippen LogP contribution in [0.1, 0.15) is 0 Å². The molecule has 92 valence electrons. The van der Waals surface area contributed by atoms with E-state index in [0.717, 1.165) is 43.6 Å². The van der Waals surface area contributed by atoms with E-state index < -0.39 is 0 Å². The number of aromatic nitrogens is 3. The number of nitrogens with zero attached hydrogens (tertiary/aromatic N) is 4. The van der Waals surface area contributed by atoms with Gasteiger partial charge in [0.1, 0.15) is 0 Å². The summed E-state index contributed by atoms with van der Waals surface area (Å²) in [6.45, 7) is 3.14. The molecular formula is C13H14N4O. The number of pyridine rings is 1. The SMILES string of the molecule is c1ccc(-c2ccnc(N3CCOCC3)n2)nc1. The van der Waals surface area contributed by atoms with E-state index in [0.29, 0.717) is 0 Å². The number of rotatable bonds is 2. The van der Waals surface area contributed by atoms with Gasteiger partial charge in [0.2, 0.25) is 5.95 Å². The molecule has 1 fully saturated rings. The average Bonchev–Trinajstić information content (AvgIpc) is 2.49. The van der Waals surface area contributed by atoms with Gasteiger partial charge in [0.05, 0.1) is 24.6 Å². The predicted molar refractivity (Wildman–Crippen MR) is 68.3 cm³/mol. The lowest BCUT2D eigenvalue weighted by molar-refractivity contribution is 0.122. The highest BCUT2D eigenvalue weighted by Gasteiger charge is 2.14. The Labute approximate surface area is 105 Å². The van der Waals surface area contributed by atoms with E-state index in [1.165, 1.54) is 0 Å². The van der Waals surface area contributed by atoms with Crippen LogP contribution >= 0.6 is 0 Å². The van der Waals surface area contributed by atoms with Gasteiger partial charge in [0.15, 0.2) is 0 Å². The van der Waals surface area contributed by atoms with E-state index in [4.69, 9.17) is 4.74 Å². The molecule has 2 aromatic rings. The number of hydrogen-bond acceptors (Lipinski definition) is 5. The van der Waals surface area contributed by atoms with Crippen LogP contribution in [-0.4, -0.2) is 41.3 Å². The summed E-state index contributed by atoms with van der Waals surface area (Å²) in [6.07, 6.45) is 3.55. The minimum absolute atomic E-state index is 0.733. The quantitative estimate of drug-likeness (QED) is 0.796. The van der Waals surface area contributed by atoms with Crippen molar-refractivity contribution in [2.75, 3.05) is 31.2 Å². The van der Waals surface area contributed by atoms with Crippen LogP contribution in [0.5, 0.6) is 0 Å². The molecular weight excluding hydrogens is 228 g/mol. The molecule has 0 radical (unpaired) electrons. The first-order valence-corrected chi connectivity index (χ1v) is 6.00. The van der Waals surface area contributed by atoms with Crippen molar-refractivity contribution in [2.24, 2.45) is 0 Å². The fourth-order valence-corrected chi connectivity index (χ4v) is 1.92. The van der Waals surface area contributed by atoms with Crippen molar-refractivity contribution >= 4 is 5.95 Å². The molecule has 1 aliphatic rings. The normalized spacial score (nSPS) is 15.7. The molecule has 0 spiro atoms. The highest BCUT2D eigenvalue weighted by atomic mass is 16.5. The summed E-state index contributed by atoms with van der Waals surface area (Å²) >= 11 is 0. The lowest BCUT2D eigenvalue weighted by Gasteiger charge is -2.26. The first-order valence-electron chi connectivity index (χ1n) is 6.00. The number of anilines is 1. The third-order valence-electron chi connectivity index (χ3n) is 2.86. The topological polar surface area (TPSA) is 51.1 Å². The van der Waals surface area contributed by atoms with E-state index in [-0.39, 0.29) is 0 Å². The Hall–Kier alpha value is -2.01. The Kier molecular flexibility index (Phi) is 3.14. The van der Waals surface area contributed by atoms with Crippen LogP contribution in [0.25, 0.3) is 11.4 Å². The van der Waals surface area contributed by atoms with Gasteiger partial charge < -0.3 is 9.64 Å². The minimum Gasteiger partial charge on any atom is -0.378 e. The van der Waals surface area contributed by atoms with E-state index in [1.54, 1.807) is 12.4 Å². The summed E-state index contributed by atoms with van der Waals surface area (Å²) in [5, 5.41) is 0. The van der Waals surface area contributed by atoms with Crippen molar-refractivity contribution in [3.8, 4) is 11.4 Å². The lowest BCUT2D eigenvalue weighted by atomic mass is 10.2. The second-order valence-electron chi connectivity index (χ2n) is 4.06. The van der Waals surface area contributed by atoms with Gasteiger partial charge in [-0.05, 0) is 18.2 Å². The highest BCUT2D eigenvalue weighted by molar-refractivity contribution is 5.55. The zero-order valence-electron chi connectivity index (χ0n) is 9.99. The van der Waals surface area contributed by atoms with Gasteiger partial charge in [0.25, 0.3) is 0 Å². The molecule has 0 saturated carbocycles. The van der Waals surface area contributed by atoms with Crippen LogP contribution in [-0.2, 0) is 4.74 Å². The molecule has 0 bridgehead atoms. The Morgan fingerprint density at radius 3 is 2.61 bits per heavy atom. The first kappa shape index (κ1) is 11.1. The van der Waals surface area contributed by atoms with E-state index in [2.05, 4.69) is 19.9 Å². The molecule has 1 aliphatic heterocycles. The zero-order chi connectivity index (χ0) is 12.2. The standard InChI is InChI=1S/C13H14N4O/c1-2-5-14-11(3-1)12-4-6-15-13(16-12)17-7-9-18-10-8-17/h1-6H,7-10H2. The highest BCUT2D eigenvalue weighted by Crippen LogP contribution is 2.16. The van der Waals surface area contributed by atoms with Gasteiger partial charge in [0, 0.05) is 25.5 Å². The summed E-state index contributed by atoms with van der Waals surface area (Å²) in [4.78, 5) is 15.3. The van der Waals surface area contributed by atoms with Gasteiger partial charge in [-0.15, -0.1) is 0 Å². The number of morpholine rings is 1. The Bertz CT molecular complexity index is 511. The van der Waals surface area contributed by atoms with Crippen molar-refractivity contribution in [1.29, 1.82) is 0 Å². The lowest BCUT2D eigenvalue weighted by Crippen LogP contribution is -2.37. The molecule has 5 nitrogen and oxygen atoms in total. The molecule has 0 amide bonds. The predicted octanol–water partition coefficient (Wildman–Crippen LogP) is 1.38. The smallest absolute Gasteiger partial charge is 0.226 e. The maximum Gasteiger partial charge on any atom is 0.226 e. The van der Waals surface area contributed by atoms with Crippen LogP contribution < -0.4 is 4.90 Å². The third-order valence-corrected chi connectivity index (χ3v) is 2.86. The second-order valence-corrected chi connectivity index (χ2v) is 4.06. The van der Waals surface area contributed by atoms with E-state index in [1.807, 2.05) is 24.3 Å². The summed E-state index contributed by atoms with van der Waals surface area (Å²) in [6, 6.07) is 7.68. The molecule has 3 heterocycles. The summed E-state index contributed by atoms with van der Waals surface area (Å²) in [7, 11) is 0. The fraction of sp³-hybridized carbons (Fsp3) is 0.308. The van der Waals surface area contributed by atoms with Crippen LogP contribution in [0.15, 0.2) is 36.7 Å². The van der Waals surface area contributed by atoms with Crippen molar-refractivity contribution in [1.82, 2.24) is 15.0 Å². The van der Waals surface area contributed by atoms with Crippen LogP contribution in [0.2, 0.25) is 0 Å². The first-order chi connectivity index (χ1) is 8.93. The molecule has 0 atom stereocenters. The Balaban J connectivity index is 1.89. The Morgan fingerprint density at radius 2 is 1.83 bits per heavy atom. The molecule has 0 aliphatic carbocycles. The number of ether oxygens (including phenoxy) is 1. The summed E-state index contributed by atoms with van der Waals surface area (Å²) in [5.74, 6) is 0.751. The van der Waals surface area contributed by atoms with Gasteiger partial charge in [-0.1, -0.05) is 6.07 Å². The fourth-order valence-electron chi connectivity index (χ4n) is 1.92. The average molecular weight is 242 g/mol. The molecule has 5 heteroatoms. The molecule has 0 N–H and O–H groups in total. The molecule has 0 unspecified atom stereocenters. The minimum atomic E-state index is 0.733. The largest absolute Gasteiger partial charge is 0.378 e. The van der Waals surface area contributed by atoms with Gasteiger partial charge in [-0.25, -0.2) is 9.97 Å². The van der Waals surface area contributed by atoms with Crippen LogP contribution in [0, 0.1) is 0 Å². The second kappa shape index (κ2) is 5.10. The van der Waals surface area contributed by atoms with Gasteiger partial charge >= 0.3 is 0 Å². The maximum absolute atomic E-state index is 5.33. The third kappa shape index (κ3) is 2.31. The molecule has 3 rings (SSSR count). The zero-order valence-corrected chi connectivity index (χ0v) is 9.99. The van der Waals surface area contributed by atoms with E-state index in [9.17, 15) is 0 Å². The summed E-state index contributed by atoms with van der Waals surface area (Å²) in [5.41, 5.74) is 1.72. The van der Waals surface area contributed by atoms with Crippen molar-refractivity contribution in [3.05, 3.63) is 36.7 Å². The van der Waals surface area contributed by atoms with Crippen molar-refractivity contribution in [2.45, 2.75) is 0 Å².